The number of hydrogen-bond donors (Lipinski definition) is 1. The summed E-state index contributed by atoms with van der Waals surface area (Å²) in [7, 11) is 0. The minimum atomic E-state index is -0.618. The van der Waals surface area contributed by atoms with Gasteiger partial charge in [0.05, 0.1) is 17.6 Å². The SMILES string of the molecule is CCOc1ccc(NCc2cc(F)cc([N+](=O)[O-])c2)cc1. The Morgan fingerprint density at radius 2 is 1.95 bits per heavy atom. The first kappa shape index (κ1) is 14.8. The lowest BCUT2D eigenvalue weighted by molar-refractivity contribution is -0.385. The van der Waals surface area contributed by atoms with Crippen molar-refractivity contribution in [2.75, 3.05) is 11.9 Å². The van der Waals surface area contributed by atoms with Gasteiger partial charge in [-0.25, -0.2) is 4.39 Å². The Labute approximate surface area is 121 Å². The van der Waals surface area contributed by atoms with Crippen LogP contribution in [0, 0.1) is 15.9 Å². The van der Waals surface area contributed by atoms with Gasteiger partial charge in [-0.3, -0.25) is 10.1 Å². The first-order valence-corrected chi connectivity index (χ1v) is 6.49. The molecule has 0 amide bonds. The first-order valence-electron chi connectivity index (χ1n) is 6.49. The molecule has 0 aromatic heterocycles. The molecule has 0 bridgehead atoms. The van der Waals surface area contributed by atoms with Crippen molar-refractivity contribution in [1.82, 2.24) is 0 Å². The van der Waals surface area contributed by atoms with Gasteiger partial charge >= 0.3 is 0 Å². The summed E-state index contributed by atoms with van der Waals surface area (Å²) >= 11 is 0. The summed E-state index contributed by atoms with van der Waals surface area (Å²) in [6.07, 6.45) is 0. The zero-order valence-corrected chi connectivity index (χ0v) is 11.5. The average molecular weight is 290 g/mol. The number of halogens is 1. The topological polar surface area (TPSA) is 64.4 Å². The number of hydrogen-bond acceptors (Lipinski definition) is 4. The number of ether oxygens (including phenoxy) is 1. The fourth-order valence-electron chi connectivity index (χ4n) is 1.88. The normalized spacial score (nSPS) is 10.2. The number of nitrogens with one attached hydrogen (secondary N) is 1. The Morgan fingerprint density at radius 3 is 2.57 bits per heavy atom. The summed E-state index contributed by atoms with van der Waals surface area (Å²) < 4.78 is 18.6. The number of nitro benzene ring substituents is 1. The maximum absolute atomic E-state index is 13.3. The summed E-state index contributed by atoms with van der Waals surface area (Å²) in [6, 6.07) is 10.8. The zero-order chi connectivity index (χ0) is 15.2. The third-order valence-electron chi connectivity index (χ3n) is 2.82. The van der Waals surface area contributed by atoms with E-state index in [0.29, 0.717) is 18.7 Å². The number of non-ortho nitro benzene ring substituents is 1. The van der Waals surface area contributed by atoms with Crippen LogP contribution in [0.1, 0.15) is 12.5 Å². The molecular weight excluding hydrogens is 275 g/mol. The van der Waals surface area contributed by atoms with Crippen molar-refractivity contribution >= 4 is 11.4 Å². The minimum Gasteiger partial charge on any atom is -0.494 e. The molecule has 0 spiro atoms. The highest BCUT2D eigenvalue weighted by Gasteiger charge is 2.09. The molecule has 0 aliphatic heterocycles. The van der Waals surface area contributed by atoms with Crippen molar-refractivity contribution in [3.63, 3.8) is 0 Å². The van der Waals surface area contributed by atoms with E-state index >= 15 is 0 Å². The highest BCUT2D eigenvalue weighted by Crippen LogP contribution is 2.19. The van der Waals surface area contributed by atoms with Crippen molar-refractivity contribution in [2.45, 2.75) is 13.5 Å². The maximum Gasteiger partial charge on any atom is 0.272 e. The molecular formula is C15H15FN2O3. The molecule has 1 N–H and O–H groups in total. The highest BCUT2D eigenvalue weighted by molar-refractivity contribution is 5.47. The van der Waals surface area contributed by atoms with Gasteiger partial charge in [0.1, 0.15) is 11.6 Å². The molecule has 5 nitrogen and oxygen atoms in total. The maximum atomic E-state index is 13.3. The fraction of sp³-hybridized carbons (Fsp3) is 0.200. The van der Waals surface area contributed by atoms with E-state index < -0.39 is 10.7 Å². The van der Waals surface area contributed by atoms with Crippen molar-refractivity contribution in [2.24, 2.45) is 0 Å². The van der Waals surface area contributed by atoms with Crippen LogP contribution in [0.3, 0.4) is 0 Å². The standard InChI is InChI=1S/C15H15FN2O3/c1-2-21-15-5-3-13(4-6-15)17-10-11-7-12(16)9-14(8-11)18(19)20/h3-9,17H,2,10H2,1H3. The van der Waals surface area contributed by atoms with Crippen LogP contribution in [0.4, 0.5) is 15.8 Å². The van der Waals surface area contributed by atoms with Crippen LogP contribution >= 0.6 is 0 Å². The second-order valence-corrected chi connectivity index (χ2v) is 4.39. The number of benzene rings is 2. The van der Waals surface area contributed by atoms with E-state index in [1.165, 1.54) is 12.1 Å². The molecule has 2 aromatic carbocycles. The quantitative estimate of drug-likeness (QED) is 0.650. The van der Waals surface area contributed by atoms with Gasteiger partial charge in [0, 0.05) is 18.3 Å². The molecule has 2 rings (SSSR count). The summed E-state index contributed by atoms with van der Waals surface area (Å²) in [5, 5.41) is 13.8. The zero-order valence-electron chi connectivity index (χ0n) is 11.5. The molecule has 0 saturated carbocycles. The minimum absolute atomic E-state index is 0.251. The van der Waals surface area contributed by atoms with Crippen molar-refractivity contribution in [3.05, 3.63) is 64.0 Å². The molecule has 0 saturated heterocycles. The van der Waals surface area contributed by atoms with Crippen LogP contribution in [-0.2, 0) is 6.54 Å². The first-order chi connectivity index (χ1) is 10.1. The Morgan fingerprint density at radius 1 is 1.24 bits per heavy atom. The number of nitrogens with zero attached hydrogens (tertiary/aromatic N) is 1. The highest BCUT2D eigenvalue weighted by atomic mass is 19.1. The van der Waals surface area contributed by atoms with Crippen LogP contribution in [0.2, 0.25) is 0 Å². The van der Waals surface area contributed by atoms with Crippen LogP contribution in [0.15, 0.2) is 42.5 Å². The molecule has 110 valence electrons. The van der Waals surface area contributed by atoms with E-state index in [1.54, 1.807) is 0 Å². The molecule has 0 atom stereocenters. The number of anilines is 1. The predicted molar refractivity (Wildman–Crippen MR) is 78.0 cm³/mol. The molecule has 2 aromatic rings. The Hall–Kier alpha value is -2.63. The molecule has 0 aliphatic rings. The summed E-state index contributed by atoms with van der Waals surface area (Å²) in [4.78, 5) is 10.1. The largest absolute Gasteiger partial charge is 0.494 e. The lowest BCUT2D eigenvalue weighted by atomic mass is 10.2. The van der Waals surface area contributed by atoms with Crippen LogP contribution in [-0.4, -0.2) is 11.5 Å². The molecule has 6 heteroatoms. The molecule has 0 radical (unpaired) electrons. The van der Waals surface area contributed by atoms with Gasteiger partial charge in [-0.1, -0.05) is 0 Å². The van der Waals surface area contributed by atoms with Crippen molar-refractivity contribution < 1.29 is 14.1 Å². The Balaban J connectivity index is 2.04. The van der Waals surface area contributed by atoms with Gasteiger partial charge < -0.3 is 10.1 Å². The van der Waals surface area contributed by atoms with E-state index in [2.05, 4.69) is 5.32 Å². The summed E-state index contributed by atoms with van der Waals surface area (Å²) in [5.74, 6) is 0.150. The smallest absolute Gasteiger partial charge is 0.272 e. The van der Waals surface area contributed by atoms with Gasteiger partial charge in [-0.05, 0) is 42.8 Å². The number of rotatable bonds is 6. The molecule has 0 heterocycles. The summed E-state index contributed by atoms with van der Waals surface area (Å²) in [6.45, 7) is 2.80. The molecule has 0 fully saturated rings. The van der Waals surface area contributed by atoms with Gasteiger partial charge in [-0.2, -0.15) is 0 Å². The second-order valence-electron chi connectivity index (χ2n) is 4.39. The van der Waals surface area contributed by atoms with E-state index in [9.17, 15) is 14.5 Å². The molecule has 0 aliphatic carbocycles. The fourth-order valence-corrected chi connectivity index (χ4v) is 1.88. The van der Waals surface area contributed by atoms with Crippen molar-refractivity contribution in [3.8, 4) is 5.75 Å². The predicted octanol–water partition coefficient (Wildman–Crippen LogP) is 3.74. The molecule has 21 heavy (non-hydrogen) atoms. The van der Waals surface area contributed by atoms with Gasteiger partial charge in [0.25, 0.3) is 5.69 Å². The third-order valence-corrected chi connectivity index (χ3v) is 2.82. The van der Waals surface area contributed by atoms with E-state index in [-0.39, 0.29) is 5.69 Å². The summed E-state index contributed by atoms with van der Waals surface area (Å²) in [5.41, 5.74) is 1.08. The van der Waals surface area contributed by atoms with E-state index in [0.717, 1.165) is 17.5 Å². The van der Waals surface area contributed by atoms with Gasteiger partial charge in [-0.15, -0.1) is 0 Å². The van der Waals surface area contributed by atoms with Crippen LogP contribution in [0.25, 0.3) is 0 Å². The van der Waals surface area contributed by atoms with Gasteiger partial charge in [0.2, 0.25) is 0 Å². The van der Waals surface area contributed by atoms with Crippen LogP contribution in [0.5, 0.6) is 5.75 Å². The molecule has 0 unspecified atom stereocenters. The lowest BCUT2D eigenvalue weighted by Crippen LogP contribution is -2.01. The van der Waals surface area contributed by atoms with E-state index in [1.807, 2.05) is 31.2 Å². The monoisotopic (exact) mass is 290 g/mol. The van der Waals surface area contributed by atoms with Crippen LogP contribution < -0.4 is 10.1 Å². The Bertz CT molecular complexity index is 629. The Kier molecular flexibility index (Phi) is 4.71. The van der Waals surface area contributed by atoms with Gasteiger partial charge in [0.15, 0.2) is 0 Å². The third kappa shape index (κ3) is 4.17. The average Bonchev–Trinajstić information content (AvgIpc) is 2.46. The van der Waals surface area contributed by atoms with E-state index in [4.69, 9.17) is 4.74 Å². The van der Waals surface area contributed by atoms with Crippen molar-refractivity contribution in [1.29, 1.82) is 0 Å². The second kappa shape index (κ2) is 6.69. The number of nitro groups is 1. The lowest BCUT2D eigenvalue weighted by Gasteiger charge is -2.08.